The quantitative estimate of drug-likeness (QED) is 0.636. The number of nitrogens with zero attached hydrogens (tertiary/aromatic N) is 2. The molecule has 4 rings (SSSR count). The number of halogens is 1. The molecule has 0 spiro atoms. The van der Waals surface area contributed by atoms with E-state index in [4.69, 9.17) is 11.6 Å². The maximum Gasteiger partial charge on any atom is 0.257 e. The van der Waals surface area contributed by atoms with Crippen LogP contribution in [0.4, 0.5) is 5.69 Å². The molecule has 1 aliphatic heterocycles. The zero-order chi connectivity index (χ0) is 22.6. The molecule has 0 radical (unpaired) electrons. The first kappa shape index (κ1) is 21.6. The van der Waals surface area contributed by atoms with Gasteiger partial charge in [-0.15, -0.1) is 0 Å². The summed E-state index contributed by atoms with van der Waals surface area (Å²) in [6.07, 6.45) is -0.0303. The minimum atomic E-state index is -0.844. The van der Waals surface area contributed by atoms with Crippen molar-refractivity contribution < 1.29 is 14.4 Å². The summed E-state index contributed by atoms with van der Waals surface area (Å²) in [5, 5.41) is 0.534. The van der Waals surface area contributed by atoms with Crippen molar-refractivity contribution in [2.45, 2.75) is 46.7 Å². The zero-order valence-corrected chi connectivity index (χ0v) is 19.0. The van der Waals surface area contributed by atoms with E-state index in [0.717, 1.165) is 5.56 Å². The van der Waals surface area contributed by atoms with Crippen LogP contribution in [0.3, 0.4) is 0 Å². The normalized spacial score (nSPS) is 22.0. The predicted molar refractivity (Wildman–Crippen MR) is 120 cm³/mol. The summed E-state index contributed by atoms with van der Waals surface area (Å²) < 4.78 is 0. The third-order valence-corrected chi connectivity index (χ3v) is 7.73. The largest absolute Gasteiger partial charge is 0.325 e. The molecule has 162 valence electrons. The van der Waals surface area contributed by atoms with Crippen LogP contribution in [0.15, 0.2) is 54.6 Å². The van der Waals surface area contributed by atoms with E-state index in [9.17, 15) is 14.4 Å². The van der Waals surface area contributed by atoms with Crippen LogP contribution in [0.1, 0.15) is 39.7 Å². The number of para-hydroxylation sites is 1. The van der Waals surface area contributed by atoms with Gasteiger partial charge in [0.2, 0.25) is 11.8 Å². The van der Waals surface area contributed by atoms with Crippen LogP contribution >= 0.6 is 11.6 Å². The molecule has 1 unspecified atom stereocenters. The average molecular weight is 439 g/mol. The second kappa shape index (κ2) is 7.49. The van der Waals surface area contributed by atoms with Crippen molar-refractivity contribution in [2.24, 2.45) is 16.7 Å². The van der Waals surface area contributed by atoms with Gasteiger partial charge in [-0.2, -0.15) is 0 Å². The van der Waals surface area contributed by atoms with Crippen LogP contribution in [-0.4, -0.2) is 28.7 Å². The number of rotatable bonds is 5. The molecule has 1 aliphatic carbocycles. The molecule has 1 saturated carbocycles. The van der Waals surface area contributed by atoms with E-state index in [1.165, 1.54) is 4.90 Å². The molecule has 1 heterocycles. The highest BCUT2D eigenvalue weighted by Gasteiger charge is 2.69. The van der Waals surface area contributed by atoms with Gasteiger partial charge < -0.3 is 4.90 Å². The number of carbonyl (C=O) groups is 3. The summed E-state index contributed by atoms with van der Waals surface area (Å²) in [6.45, 7) is 8.47. The lowest BCUT2D eigenvalue weighted by Crippen LogP contribution is -2.46. The number of imide groups is 1. The fourth-order valence-electron chi connectivity index (χ4n) is 4.84. The molecule has 0 bridgehead atoms. The van der Waals surface area contributed by atoms with E-state index in [1.54, 1.807) is 35.2 Å². The second-order valence-electron chi connectivity index (χ2n) is 9.56. The van der Waals surface area contributed by atoms with E-state index in [1.807, 2.05) is 24.3 Å². The van der Waals surface area contributed by atoms with Gasteiger partial charge in [-0.25, -0.2) is 4.90 Å². The average Bonchev–Trinajstić information content (AvgIpc) is 2.96. The maximum absolute atomic E-state index is 13.7. The number of hydrogen-bond acceptors (Lipinski definition) is 3. The standard InChI is InChI=1S/C25H27ClN2O3/c1-24(2)21(25(24,3)4)23(31)27(15-16-10-8-9-13-18(16)26)19-14-20(29)28(22(19)30)17-11-6-5-7-12-17/h5-13,19,21H,14-15H2,1-4H3. The van der Waals surface area contributed by atoms with Gasteiger partial charge in [-0.3, -0.25) is 14.4 Å². The third kappa shape index (κ3) is 3.45. The Labute approximate surface area is 188 Å². The van der Waals surface area contributed by atoms with Crippen molar-refractivity contribution >= 4 is 35.0 Å². The molecule has 2 aromatic carbocycles. The number of benzene rings is 2. The summed E-state index contributed by atoms with van der Waals surface area (Å²) in [5.74, 6) is -0.993. The molecule has 0 aromatic heterocycles. The van der Waals surface area contributed by atoms with Gasteiger partial charge in [0, 0.05) is 17.5 Å². The molecular weight excluding hydrogens is 412 g/mol. The third-order valence-electron chi connectivity index (χ3n) is 7.36. The van der Waals surface area contributed by atoms with Crippen LogP contribution in [0.25, 0.3) is 0 Å². The zero-order valence-electron chi connectivity index (χ0n) is 18.3. The molecule has 31 heavy (non-hydrogen) atoms. The number of hydrogen-bond donors (Lipinski definition) is 0. The lowest BCUT2D eigenvalue weighted by molar-refractivity contribution is -0.141. The Hall–Kier alpha value is -2.66. The molecule has 2 fully saturated rings. The summed E-state index contributed by atoms with van der Waals surface area (Å²) in [5.41, 5.74) is 0.908. The Bertz CT molecular complexity index is 1030. The Morgan fingerprint density at radius 3 is 2.16 bits per heavy atom. The molecule has 0 N–H and O–H groups in total. The molecule has 3 amide bonds. The minimum absolute atomic E-state index is 0.0303. The molecule has 1 saturated heterocycles. The molecule has 6 heteroatoms. The lowest BCUT2D eigenvalue weighted by atomic mass is 10.0. The van der Waals surface area contributed by atoms with Crippen LogP contribution in [0.2, 0.25) is 5.02 Å². The number of carbonyl (C=O) groups excluding carboxylic acids is 3. The van der Waals surface area contributed by atoms with Crippen LogP contribution in [0, 0.1) is 16.7 Å². The first-order valence-electron chi connectivity index (χ1n) is 10.5. The van der Waals surface area contributed by atoms with Crippen LogP contribution in [-0.2, 0) is 20.9 Å². The van der Waals surface area contributed by atoms with Crippen molar-refractivity contribution in [3.05, 3.63) is 65.2 Å². The maximum atomic E-state index is 13.7. The summed E-state index contributed by atoms with van der Waals surface area (Å²) in [6, 6.07) is 15.3. The highest BCUT2D eigenvalue weighted by molar-refractivity contribution is 6.31. The Morgan fingerprint density at radius 1 is 1.00 bits per heavy atom. The highest BCUT2D eigenvalue weighted by Crippen LogP contribution is 2.69. The highest BCUT2D eigenvalue weighted by atomic mass is 35.5. The van der Waals surface area contributed by atoms with Crippen molar-refractivity contribution in [2.75, 3.05) is 4.90 Å². The Kier molecular flexibility index (Phi) is 5.21. The lowest BCUT2D eigenvalue weighted by Gasteiger charge is -2.29. The van der Waals surface area contributed by atoms with Crippen molar-refractivity contribution in [1.82, 2.24) is 4.90 Å². The Balaban J connectivity index is 1.69. The second-order valence-corrected chi connectivity index (χ2v) is 9.96. The predicted octanol–water partition coefficient (Wildman–Crippen LogP) is 4.68. The van der Waals surface area contributed by atoms with Gasteiger partial charge in [0.15, 0.2) is 0 Å². The molecule has 1 atom stereocenters. The van der Waals surface area contributed by atoms with E-state index in [0.29, 0.717) is 10.7 Å². The van der Waals surface area contributed by atoms with Crippen LogP contribution in [0.5, 0.6) is 0 Å². The van der Waals surface area contributed by atoms with Gasteiger partial charge in [0.05, 0.1) is 12.1 Å². The van der Waals surface area contributed by atoms with Crippen molar-refractivity contribution in [1.29, 1.82) is 0 Å². The molecular formula is C25H27ClN2O3. The number of anilines is 1. The van der Waals surface area contributed by atoms with E-state index < -0.39 is 6.04 Å². The van der Waals surface area contributed by atoms with Gasteiger partial charge >= 0.3 is 0 Å². The number of amides is 3. The summed E-state index contributed by atoms with van der Waals surface area (Å²) >= 11 is 6.38. The fourth-order valence-corrected chi connectivity index (χ4v) is 5.03. The smallest absolute Gasteiger partial charge is 0.257 e. The van der Waals surface area contributed by atoms with Gasteiger partial charge in [0.25, 0.3) is 5.91 Å². The first-order valence-corrected chi connectivity index (χ1v) is 10.9. The molecule has 5 nitrogen and oxygen atoms in total. The van der Waals surface area contributed by atoms with Crippen molar-refractivity contribution in [3.8, 4) is 0 Å². The SMILES string of the molecule is CC1(C)C(C(=O)N(Cc2ccccc2Cl)C2CC(=O)N(c3ccccc3)C2=O)C1(C)C. The Morgan fingerprint density at radius 2 is 1.58 bits per heavy atom. The van der Waals surface area contributed by atoms with E-state index in [2.05, 4.69) is 27.7 Å². The minimum Gasteiger partial charge on any atom is -0.325 e. The van der Waals surface area contributed by atoms with E-state index >= 15 is 0 Å². The summed E-state index contributed by atoms with van der Waals surface area (Å²) in [7, 11) is 0. The van der Waals surface area contributed by atoms with Crippen molar-refractivity contribution in [3.63, 3.8) is 0 Å². The summed E-state index contributed by atoms with van der Waals surface area (Å²) in [4.78, 5) is 42.7. The monoisotopic (exact) mass is 438 g/mol. The van der Waals surface area contributed by atoms with Gasteiger partial charge in [-0.1, -0.05) is 75.7 Å². The van der Waals surface area contributed by atoms with Gasteiger partial charge in [0.1, 0.15) is 6.04 Å². The molecule has 2 aliphatic rings. The molecule has 2 aromatic rings. The fraction of sp³-hybridized carbons (Fsp3) is 0.400. The topological polar surface area (TPSA) is 57.7 Å². The van der Waals surface area contributed by atoms with Crippen LogP contribution < -0.4 is 4.90 Å². The van der Waals surface area contributed by atoms with E-state index in [-0.39, 0.29) is 47.4 Å². The first-order chi connectivity index (χ1) is 14.6. The van der Waals surface area contributed by atoms with Gasteiger partial charge in [-0.05, 0) is 34.6 Å².